The molecule has 2 amide bonds. The van der Waals surface area contributed by atoms with Crippen molar-refractivity contribution < 1.29 is 33.2 Å². The molecule has 1 saturated carbocycles. The predicted molar refractivity (Wildman–Crippen MR) is 128 cm³/mol. The van der Waals surface area contributed by atoms with Crippen LogP contribution in [0.4, 0.5) is 13.6 Å². The third kappa shape index (κ3) is 7.27. The maximum Gasteiger partial charge on any atom is 0.475 e. The van der Waals surface area contributed by atoms with E-state index in [0.29, 0.717) is 12.8 Å². The Bertz CT molecular complexity index is 1010. The molecule has 0 aromatic heterocycles. The van der Waals surface area contributed by atoms with Gasteiger partial charge in [-0.25, -0.2) is 13.6 Å². The average molecular weight is 503 g/mol. The van der Waals surface area contributed by atoms with E-state index in [1.54, 1.807) is 38.1 Å². The number of allylic oxidation sites excluding steroid dienone is 1. The molecule has 3 N–H and O–H groups in total. The van der Waals surface area contributed by atoms with Gasteiger partial charge in [0.1, 0.15) is 17.7 Å². The molecular formula is C25H32BF2N3O5. The number of hydrogen-bond acceptors (Lipinski definition) is 6. The summed E-state index contributed by atoms with van der Waals surface area (Å²) in [5, 5.41) is 31.3. The summed E-state index contributed by atoms with van der Waals surface area (Å²) in [6.45, 7) is 3.84. The average Bonchev–Trinajstić information content (AvgIpc) is 3.43. The lowest BCUT2D eigenvalue weighted by Crippen LogP contribution is -2.48. The number of nitriles is 1. The number of nitrogens with zero attached hydrogens (tertiary/aromatic N) is 2. The van der Waals surface area contributed by atoms with Crippen molar-refractivity contribution in [3.8, 4) is 6.07 Å². The second kappa shape index (κ2) is 11.4. The smallest absolute Gasteiger partial charge is 0.444 e. The second-order valence-corrected chi connectivity index (χ2v) is 10.2. The Morgan fingerprint density at radius 3 is 2.61 bits per heavy atom. The fourth-order valence-electron chi connectivity index (χ4n) is 4.83. The number of amides is 2. The number of hydrogen-bond donors (Lipinski definition) is 3. The van der Waals surface area contributed by atoms with Gasteiger partial charge in [0, 0.05) is 25.8 Å². The molecule has 3 atom stereocenters. The summed E-state index contributed by atoms with van der Waals surface area (Å²) in [5.41, 5.74) is -0.0741. The molecule has 2 aliphatic rings. The number of carbonyl (C=O) groups excluding carboxylic acids is 2. The standard InChI is InChI=1S/C25H32BF2N3O5/c1-24(2,19-8-10-25(27,28)14-19)13-18(15-29)22(32)31-11-9-20(16-31)36-23(33)30-21(26(34)35)12-17-6-4-3-5-7-17/h3-7,13,19-21,34-35H,8-12,14,16H2,1-2H3,(H,30,33)/t19?,20-,21-/m0/s1. The molecule has 1 aliphatic heterocycles. The fourth-order valence-corrected chi connectivity index (χ4v) is 4.83. The number of halogens is 2. The predicted octanol–water partition coefficient (Wildman–Crippen LogP) is 2.85. The Balaban J connectivity index is 1.56. The molecule has 36 heavy (non-hydrogen) atoms. The number of benzene rings is 1. The van der Waals surface area contributed by atoms with E-state index in [4.69, 9.17) is 4.74 Å². The minimum absolute atomic E-state index is 0.0677. The summed E-state index contributed by atoms with van der Waals surface area (Å²) in [6.07, 6.45) is 0.392. The number of carbonyl (C=O) groups is 2. The highest BCUT2D eigenvalue weighted by atomic mass is 19.3. The van der Waals surface area contributed by atoms with E-state index >= 15 is 0 Å². The van der Waals surface area contributed by atoms with E-state index in [2.05, 4.69) is 5.32 Å². The normalized spacial score (nSPS) is 22.6. The first-order chi connectivity index (χ1) is 16.9. The molecule has 0 spiro atoms. The van der Waals surface area contributed by atoms with Crippen LogP contribution in [0.5, 0.6) is 0 Å². The number of alkyl halides is 2. The molecule has 1 unspecified atom stereocenters. The second-order valence-electron chi connectivity index (χ2n) is 10.2. The van der Waals surface area contributed by atoms with Crippen LogP contribution >= 0.6 is 0 Å². The highest BCUT2D eigenvalue weighted by Gasteiger charge is 2.45. The Hall–Kier alpha value is -2.97. The van der Waals surface area contributed by atoms with E-state index in [1.807, 2.05) is 12.1 Å². The first kappa shape index (κ1) is 27.6. The van der Waals surface area contributed by atoms with Gasteiger partial charge in [-0.3, -0.25) is 4.79 Å². The summed E-state index contributed by atoms with van der Waals surface area (Å²) >= 11 is 0. The zero-order valence-corrected chi connectivity index (χ0v) is 20.5. The number of nitrogens with one attached hydrogen (secondary N) is 1. The van der Waals surface area contributed by atoms with Crippen molar-refractivity contribution in [1.82, 2.24) is 10.2 Å². The zero-order chi connectivity index (χ0) is 26.5. The van der Waals surface area contributed by atoms with Gasteiger partial charge in [0.05, 0.1) is 12.5 Å². The molecule has 3 rings (SSSR count). The highest BCUT2D eigenvalue weighted by Crippen LogP contribution is 2.48. The molecule has 2 fully saturated rings. The van der Waals surface area contributed by atoms with Crippen molar-refractivity contribution in [1.29, 1.82) is 5.26 Å². The van der Waals surface area contributed by atoms with Crippen LogP contribution < -0.4 is 5.32 Å². The molecule has 0 bridgehead atoms. The third-order valence-electron chi connectivity index (χ3n) is 6.99. The van der Waals surface area contributed by atoms with Gasteiger partial charge >= 0.3 is 13.2 Å². The monoisotopic (exact) mass is 503 g/mol. The van der Waals surface area contributed by atoms with Gasteiger partial charge in [-0.2, -0.15) is 5.26 Å². The molecule has 11 heteroatoms. The zero-order valence-electron chi connectivity index (χ0n) is 20.5. The van der Waals surface area contributed by atoms with Crippen molar-refractivity contribution in [2.75, 3.05) is 13.1 Å². The molecule has 1 aliphatic carbocycles. The van der Waals surface area contributed by atoms with E-state index in [-0.39, 0.29) is 43.8 Å². The van der Waals surface area contributed by atoms with Gasteiger partial charge < -0.3 is 25.0 Å². The Morgan fingerprint density at radius 2 is 2.03 bits per heavy atom. The van der Waals surface area contributed by atoms with E-state index in [1.165, 1.54) is 11.0 Å². The number of alkyl carbamates (subject to hydrolysis) is 1. The first-order valence-electron chi connectivity index (χ1n) is 12.1. The topological polar surface area (TPSA) is 123 Å². The molecule has 1 aromatic carbocycles. The minimum Gasteiger partial charge on any atom is -0.444 e. The van der Waals surface area contributed by atoms with E-state index in [0.717, 1.165) is 5.56 Å². The van der Waals surface area contributed by atoms with Gasteiger partial charge in [-0.15, -0.1) is 0 Å². The molecule has 1 saturated heterocycles. The van der Waals surface area contributed by atoms with Gasteiger partial charge in [-0.1, -0.05) is 50.3 Å². The third-order valence-corrected chi connectivity index (χ3v) is 6.99. The van der Waals surface area contributed by atoms with Crippen LogP contribution in [0, 0.1) is 22.7 Å². The van der Waals surface area contributed by atoms with Crippen molar-refractivity contribution in [3.63, 3.8) is 0 Å². The van der Waals surface area contributed by atoms with E-state index < -0.39 is 42.5 Å². The summed E-state index contributed by atoms with van der Waals surface area (Å²) in [7, 11) is -1.80. The van der Waals surface area contributed by atoms with Crippen molar-refractivity contribution in [2.24, 2.45) is 11.3 Å². The highest BCUT2D eigenvalue weighted by molar-refractivity contribution is 6.43. The summed E-state index contributed by atoms with van der Waals surface area (Å²) in [6, 6.07) is 10.9. The van der Waals surface area contributed by atoms with Gasteiger partial charge in [-0.05, 0) is 29.7 Å². The van der Waals surface area contributed by atoms with Gasteiger partial charge in [0.25, 0.3) is 5.91 Å². The Morgan fingerprint density at radius 1 is 1.33 bits per heavy atom. The molecular weight excluding hydrogens is 471 g/mol. The maximum absolute atomic E-state index is 13.7. The molecule has 1 heterocycles. The molecule has 0 radical (unpaired) electrons. The largest absolute Gasteiger partial charge is 0.475 e. The lowest BCUT2D eigenvalue weighted by Gasteiger charge is -2.29. The fraction of sp³-hybridized carbons (Fsp3) is 0.560. The maximum atomic E-state index is 13.7. The van der Waals surface area contributed by atoms with Crippen LogP contribution in [0.2, 0.25) is 0 Å². The van der Waals surface area contributed by atoms with Crippen molar-refractivity contribution >= 4 is 19.1 Å². The van der Waals surface area contributed by atoms with Crippen LogP contribution in [0.1, 0.15) is 45.1 Å². The first-order valence-corrected chi connectivity index (χ1v) is 12.1. The summed E-state index contributed by atoms with van der Waals surface area (Å²) in [4.78, 5) is 26.7. The van der Waals surface area contributed by atoms with Crippen LogP contribution in [0.25, 0.3) is 0 Å². The van der Waals surface area contributed by atoms with Gasteiger partial charge in [0.15, 0.2) is 0 Å². The summed E-state index contributed by atoms with van der Waals surface area (Å²) < 4.78 is 32.8. The Labute approximate surface area is 210 Å². The van der Waals surface area contributed by atoms with Crippen LogP contribution in [0.3, 0.4) is 0 Å². The van der Waals surface area contributed by atoms with Gasteiger partial charge in [0.2, 0.25) is 5.92 Å². The van der Waals surface area contributed by atoms with Crippen LogP contribution in [-0.2, 0) is 16.0 Å². The van der Waals surface area contributed by atoms with Crippen molar-refractivity contribution in [3.05, 3.63) is 47.5 Å². The lowest BCUT2D eigenvalue weighted by molar-refractivity contribution is -0.126. The quantitative estimate of drug-likeness (QED) is 0.285. The van der Waals surface area contributed by atoms with Crippen molar-refractivity contribution in [2.45, 2.75) is 63.9 Å². The van der Waals surface area contributed by atoms with E-state index in [9.17, 15) is 33.7 Å². The molecule has 1 aromatic rings. The van der Waals surface area contributed by atoms with Crippen LogP contribution in [-0.4, -0.2) is 65.1 Å². The number of likely N-dealkylation sites (tertiary alicyclic amines) is 1. The van der Waals surface area contributed by atoms with Crippen LogP contribution in [0.15, 0.2) is 42.0 Å². The SMILES string of the molecule is CC(C)(C=C(C#N)C(=O)N1CC[C@H](OC(=O)N[C@@H](Cc2ccccc2)B(O)O)C1)C1CCC(F)(F)C1. The molecule has 194 valence electrons. The molecule has 8 nitrogen and oxygen atoms in total. The number of ether oxygens (including phenoxy) is 1. The lowest BCUT2D eigenvalue weighted by atomic mass is 9.76. The Kier molecular flexibility index (Phi) is 8.74. The summed E-state index contributed by atoms with van der Waals surface area (Å²) in [5.74, 6) is -4.58. The minimum atomic E-state index is -2.72. The number of rotatable bonds is 8.